The Morgan fingerprint density at radius 1 is 1.15 bits per heavy atom. The molecular formula is C16H27NO3. The second kappa shape index (κ2) is 10.7. The lowest BCUT2D eigenvalue weighted by molar-refractivity contribution is 0.0980. The van der Waals surface area contributed by atoms with E-state index in [2.05, 4.69) is 19.2 Å². The van der Waals surface area contributed by atoms with Crippen LogP contribution in [-0.4, -0.2) is 44.1 Å². The van der Waals surface area contributed by atoms with Crippen LogP contribution in [0.25, 0.3) is 0 Å². The summed E-state index contributed by atoms with van der Waals surface area (Å²) in [4.78, 5) is 0. The van der Waals surface area contributed by atoms with Gasteiger partial charge in [-0.3, -0.25) is 0 Å². The number of aliphatic hydroxyl groups is 1. The summed E-state index contributed by atoms with van der Waals surface area (Å²) < 4.78 is 11.0. The third-order valence-corrected chi connectivity index (χ3v) is 2.66. The average molecular weight is 281 g/mol. The summed E-state index contributed by atoms with van der Waals surface area (Å²) >= 11 is 0. The molecule has 1 aromatic carbocycles. The molecule has 0 fully saturated rings. The molecule has 0 amide bonds. The summed E-state index contributed by atoms with van der Waals surface area (Å²) in [5, 5.41) is 13.0. The number of benzene rings is 1. The van der Waals surface area contributed by atoms with Gasteiger partial charge in [0.2, 0.25) is 0 Å². The Labute approximate surface area is 122 Å². The lowest BCUT2D eigenvalue weighted by atomic mass is 10.2. The molecule has 0 saturated heterocycles. The Kier molecular flexibility index (Phi) is 9.04. The highest BCUT2D eigenvalue weighted by molar-refractivity contribution is 5.20. The van der Waals surface area contributed by atoms with E-state index in [-0.39, 0.29) is 0 Å². The monoisotopic (exact) mass is 281 g/mol. The second-order valence-electron chi connectivity index (χ2n) is 5.30. The first-order chi connectivity index (χ1) is 9.68. The van der Waals surface area contributed by atoms with Crippen LogP contribution in [0.4, 0.5) is 0 Å². The predicted octanol–water partition coefficient (Wildman–Crippen LogP) is 2.08. The van der Waals surface area contributed by atoms with E-state index in [9.17, 15) is 5.11 Å². The molecule has 1 atom stereocenters. The zero-order valence-electron chi connectivity index (χ0n) is 12.5. The number of para-hydroxylation sites is 1. The van der Waals surface area contributed by atoms with E-state index in [1.54, 1.807) is 0 Å². The maximum Gasteiger partial charge on any atom is 0.119 e. The van der Waals surface area contributed by atoms with Crippen LogP contribution in [0.2, 0.25) is 0 Å². The van der Waals surface area contributed by atoms with Gasteiger partial charge in [-0.1, -0.05) is 32.0 Å². The lowest BCUT2D eigenvalue weighted by Crippen LogP contribution is -2.32. The Morgan fingerprint density at radius 3 is 2.60 bits per heavy atom. The van der Waals surface area contributed by atoms with E-state index in [4.69, 9.17) is 9.47 Å². The van der Waals surface area contributed by atoms with Crippen LogP contribution < -0.4 is 10.1 Å². The Bertz CT molecular complexity index is 330. The Morgan fingerprint density at radius 2 is 1.90 bits per heavy atom. The van der Waals surface area contributed by atoms with Crippen LogP contribution in [-0.2, 0) is 4.74 Å². The molecule has 4 nitrogen and oxygen atoms in total. The summed E-state index contributed by atoms with van der Waals surface area (Å²) in [7, 11) is 0. The van der Waals surface area contributed by atoms with Gasteiger partial charge in [0, 0.05) is 19.8 Å². The first kappa shape index (κ1) is 17.0. The Balaban J connectivity index is 1.94. The zero-order chi connectivity index (χ0) is 14.6. The average Bonchev–Trinajstić information content (AvgIpc) is 2.45. The molecule has 20 heavy (non-hydrogen) atoms. The first-order valence-electron chi connectivity index (χ1n) is 7.33. The quantitative estimate of drug-likeness (QED) is 0.610. The molecule has 0 saturated carbocycles. The molecule has 0 aliphatic rings. The van der Waals surface area contributed by atoms with Crippen LogP contribution >= 0.6 is 0 Å². The number of rotatable bonds is 11. The van der Waals surface area contributed by atoms with Gasteiger partial charge in [-0.2, -0.15) is 0 Å². The van der Waals surface area contributed by atoms with Gasteiger partial charge in [0.05, 0.1) is 0 Å². The molecule has 0 aliphatic carbocycles. The van der Waals surface area contributed by atoms with E-state index < -0.39 is 6.10 Å². The second-order valence-corrected chi connectivity index (χ2v) is 5.30. The van der Waals surface area contributed by atoms with Crippen molar-refractivity contribution in [2.75, 3.05) is 32.9 Å². The van der Waals surface area contributed by atoms with Crippen molar-refractivity contribution in [1.82, 2.24) is 5.32 Å². The highest BCUT2D eigenvalue weighted by atomic mass is 16.5. The van der Waals surface area contributed by atoms with Gasteiger partial charge in [-0.25, -0.2) is 0 Å². The molecule has 0 radical (unpaired) electrons. The lowest BCUT2D eigenvalue weighted by Gasteiger charge is -2.13. The van der Waals surface area contributed by atoms with Gasteiger partial charge in [0.1, 0.15) is 18.5 Å². The van der Waals surface area contributed by atoms with E-state index in [0.29, 0.717) is 19.1 Å². The third-order valence-electron chi connectivity index (χ3n) is 2.66. The molecule has 0 aliphatic heterocycles. The minimum atomic E-state index is -0.494. The zero-order valence-corrected chi connectivity index (χ0v) is 12.5. The molecule has 1 aromatic rings. The number of hydrogen-bond donors (Lipinski definition) is 2. The van der Waals surface area contributed by atoms with Crippen molar-refractivity contribution >= 4 is 0 Å². The number of hydrogen-bond acceptors (Lipinski definition) is 4. The highest BCUT2D eigenvalue weighted by Gasteiger charge is 2.04. The van der Waals surface area contributed by atoms with Crippen molar-refractivity contribution in [2.45, 2.75) is 26.4 Å². The largest absolute Gasteiger partial charge is 0.491 e. The van der Waals surface area contributed by atoms with E-state index in [1.165, 1.54) is 0 Å². The van der Waals surface area contributed by atoms with Crippen LogP contribution in [0.15, 0.2) is 30.3 Å². The predicted molar refractivity (Wildman–Crippen MR) is 81.1 cm³/mol. The molecule has 2 N–H and O–H groups in total. The third kappa shape index (κ3) is 8.91. The molecule has 0 spiro atoms. The molecule has 0 heterocycles. The Hall–Kier alpha value is -1.10. The van der Waals surface area contributed by atoms with Gasteiger partial charge in [0.25, 0.3) is 0 Å². The van der Waals surface area contributed by atoms with Gasteiger partial charge in [-0.05, 0) is 31.0 Å². The summed E-state index contributed by atoms with van der Waals surface area (Å²) in [6, 6.07) is 9.53. The van der Waals surface area contributed by atoms with Crippen LogP contribution in [0, 0.1) is 5.92 Å². The molecule has 0 aromatic heterocycles. The molecule has 0 bridgehead atoms. The topological polar surface area (TPSA) is 50.7 Å². The number of ether oxygens (including phenoxy) is 2. The van der Waals surface area contributed by atoms with Crippen molar-refractivity contribution in [3.05, 3.63) is 30.3 Å². The molecule has 114 valence electrons. The fourth-order valence-electron chi connectivity index (χ4n) is 1.66. The fraction of sp³-hybridized carbons (Fsp3) is 0.625. The van der Waals surface area contributed by atoms with Crippen LogP contribution in [0.5, 0.6) is 5.75 Å². The summed E-state index contributed by atoms with van der Waals surface area (Å²) in [6.07, 6.45) is 0.464. The van der Waals surface area contributed by atoms with Crippen LogP contribution in [0.1, 0.15) is 20.3 Å². The normalized spacial score (nSPS) is 12.6. The minimum Gasteiger partial charge on any atom is -0.491 e. The van der Waals surface area contributed by atoms with Crippen molar-refractivity contribution in [2.24, 2.45) is 5.92 Å². The maximum atomic E-state index is 9.77. The van der Waals surface area contributed by atoms with Crippen molar-refractivity contribution in [3.8, 4) is 5.75 Å². The SMILES string of the molecule is CC(C)COCCCNCC(O)COc1ccccc1. The summed E-state index contributed by atoms with van der Waals surface area (Å²) in [5.41, 5.74) is 0. The number of aliphatic hydroxyl groups excluding tert-OH is 1. The van der Waals surface area contributed by atoms with Crippen LogP contribution in [0.3, 0.4) is 0 Å². The standard InChI is InChI=1S/C16H27NO3/c1-14(2)12-19-10-6-9-17-11-15(18)13-20-16-7-4-3-5-8-16/h3-5,7-8,14-15,17-18H,6,9-13H2,1-2H3. The van der Waals surface area contributed by atoms with E-state index >= 15 is 0 Å². The fourth-order valence-corrected chi connectivity index (χ4v) is 1.66. The number of nitrogens with one attached hydrogen (secondary N) is 1. The van der Waals surface area contributed by atoms with Gasteiger partial charge < -0.3 is 19.9 Å². The van der Waals surface area contributed by atoms with Gasteiger partial charge in [-0.15, -0.1) is 0 Å². The first-order valence-corrected chi connectivity index (χ1v) is 7.33. The molecule has 1 unspecified atom stereocenters. The van der Waals surface area contributed by atoms with E-state index in [1.807, 2.05) is 30.3 Å². The van der Waals surface area contributed by atoms with Crippen molar-refractivity contribution in [1.29, 1.82) is 0 Å². The molecule has 4 heteroatoms. The van der Waals surface area contributed by atoms with Crippen molar-refractivity contribution in [3.63, 3.8) is 0 Å². The smallest absolute Gasteiger partial charge is 0.119 e. The summed E-state index contributed by atoms with van der Waals surface area (Å²) in [5.74, 6) is 1.37. The molecule has 1 rings (SSSR count). The highest BCUT2D eigenvalue weighted by Crippen LogP contribution is 2.08. The van der Waals surface area contributed by atoms with E-state index in [0.717, 1.165) is 31.9 Å². The maximum absolute atomic E-state index is 9.77. The summed E-state index contributed by atoms with van der Waals surface area (Å²) in [6.45, 7) is 7.55. The van der Waals surface area contributed by atoms with Crippen molar-refractivity contribution < 1.29 is 14.6 Å². The molecular weight excluding hydrogens is 254 g/mol. The minimum absolute atomic E-state index is 0.306. The van der Waals surface area contributed by atoms with Gasteiger partial charge in [0.15, 0.2) is 0 Å². The van der Waals surface area contributed by atoms with Gasteiger partial charge >= 0.3 is 0 Å².